The fourth-order valence-electron chi connectivity index (χ4n) is 3.35. The number of hydrogen-bond acceptors (Lipinski definition) is 4. The zero-order chi connectivity index (χ0) is 24.8. The molecule has 0 saturated heterocycles. The number of nitrogens with one attached hydrogen (secondary N) is 2. The number of aliphatic hydroxyl groups is 2. The number of anilines is 1. The number of carbonyl (C=O) groups excluding carboxylic acids is 1. The van der Waals surface area contributed by atoms with Gasteiger partial charge in [-0.15, -0.1) is 0 Å². The smallest absolute Gasteiger partial charge is 0.319 e. The number of ether oxygens (including phenoxy) is 1. The number of halogens is 5. The molecule has 0 heterocycles. The monoisotopic (exact) mass is 484 g/mol. The Morgan fingerprint density at radius 2 is 1.27 bits per heavy atom. The SMILES string of the molecule is CCCCCCCCCC(CCCCNC(=O)Nc1c(F)c(F)c(F)c(F)c1F)OC(O)O. The van der Waals surface area contributed by atoms with Crippen LogP contribution in [0.1, 0.15) is 77.6 Å². The molecule has 0 aliphatic heterocycles. The van der Waals surface area contributed by atoms with Crippen molar-refractivity contribution in [3.8, 4) is 0 Å². The van der Waals surface area contributed by atoms with Crippen molar-refractivity contribution in [3.63, 3.8) is 0 Å². The lowest BCUT2D eigenvalue weighted by Crippen LogP contribution is -2.31. The van der Waals surface area contributed by atoms with Crippen molar-refractivity contribution in [2.24, 2.45) is 0 Å². The summed E-state index contributed by atoms with van der Waals surface area (Å²) in [5.41, 5.74) is -1.43. The highest BCUT2D eigenvalue weighted by atomic mass is 19.2. The van der Waals surface area contributed by atoms with Crippen LogP contribution in [0.3, 0.4) is 0 Å². The molecule has 11 heteroatoms. The Kier molecular flexibility index (Phi) is 13.9. The molecular formula is C22H33F5N2O4. The summed E-state index contributed by atoms with van der Waals surface area (Å²) >= 11 is 0. The lowest BCUT2D eigenvalue weighted by Gasteiger charge is -2.19. The Balaban J connectivity index is 2.35. The maximum absolute atomic E-state index is 13.6. The van der Waals surface area contributed by atoms with Crippen molar-refractivity contribution in [2.45, 2.75) is 90.1 Å². The Hall–Kier alpha value is -1.98. The minimum atomic E-state index is -2.31. The van der Waals surface area contributed by atoms with Gasteiger partial charge in [-0.05, 0) is 25.7 Å². The van der Waals surface area contributed by atoms with E-state index >= 15 is 0 Å². The largest absolute Gasteiger partial charge is 0.346 e. The second-order valence-electron chi connectivity index (χ2n) is 7.82. The summed E-state index contributed by atoms with van der Waals surface area (Å²) in [5.74, 6) is -10.9. The third-order valence-electron chi connectivity index (χ3n) is 5.13. The lowest BCUT2D eigenvalue weighted by atomic mass is 10.0. The molecule has 0 bridgehead atoms. The lowest BCUT2D eigenvalue weighted by molar-refractivity contribution is -0.257. The predicted octanol–water partition coefficient (Wildman–Crippen LogP) is 5.47. The maximum atomic E-state index is 13.6. The molecule has 0 fully saturated rings. The molecule has 190 valence electrons. The molecule has 6 nitrogen and oxygen atoms in total. The molecule has 1 atom stereocenters. The molecule has 33 heavy (non-hydrogen) atoms. The van der Waals surface area contributed by atoms with Gasteiger partial charge in [0, 0.05) is 6.54 Å². The van der Waals surface area contributed by atoms with Crippen molar-refractivity contribution in [1.82, 2.24) is 5.32 Å². The molecule has 1 rings (SSSR count). The van der Waals surface area contributed by atoms with Crippen LogP contribution in [-0.2, 0) is 4.74 Å². The summed E-state index contributed by atoms with van der Waals surface area (Å²) in [6, 6.07) is -1.13. The van der Waals surface area contributed by atoms with Gasteiger partial charge in [-0.2, -0.15) is 0 Å². The first-order chi connectivity index (χ1) is 15.7. The molecule has 0 saturated carbocycles. The van der Waals surface area contributed by atoms with Crippen LogP contribution in [0.2, 0.25) is 0 Å². The first-order valence-corrected chi connectivity index (χ1v) is 11.3. The molecule has 1 aromatic carbocycles. The minimum absolute atomic E-state index is 0.0626. The second kappa shape index (κ2) is 15.8. The molecule has 4 N–H and O–H groups in total. The normalized spacial score (nSPS) is 12.3. The van der Waals surface area contributed by atoms with Crippen molar-refractivity contribution < 1.29 is 41.7 Å². The van der Waals surface area contributed by atoms with Gasteiger partial charge >= 0.3 is 6.03 Å². The van der Waals surface area contributed by atoms with Gasteiger partial charge in [-0.25, -0.2) is 26.7 Å². The first-order valence-electron chi connectivity index (χ1n) is 11.3. The number of amides is 2. The highest BCUT2D eigenvalue weighted by Gasteiger charge is 2.26. The fourth-order valence-corrected chi connectivity index (χ4v) is 3.35. The van der Waals surface area contributed by atoms with Crippen molar-refractivity contribution in [2.75, 3.05) is 11.9 Å². The number of carbonyl (C=O) groups is 1. The van der Waals surface area contributed by atoms with Crippen LogP contribution in [0.4, 0.5) is 32.4 Å². The molecular weight excluding hydrogens is 451 g/mol. The first kappa shape index (κ1) is 29.1. The maximum Gasteiger partial charge on any atom is 0.319 e. The topological polar surface area (TPSA) is 90.8 Å². The molecule has 0 aromatic heterocycles. The summed E-state index contributed by atoms with van der Waals surface area (Å²) in [6.07, 6.45) is 9.51. The molecule has 0 radical (unpaired) electrons. The Morgan fingerprint density at radius 3 is 1.82 bits per heavy atom. The predicted molar refractivity (Wildman–Crippen MR) is 113 cm³/mol. The number of hydrogen-bond donors (Lipinski definition) is 4. The van der Waals surface area contributed by atoms with Crippen molar-refractivity contribution in [1.29, 1.82) is 0 Å². The van der Waals surface area contributed by atoms with E-state index in [1.165, 1.54) is 25.7 Å². The highest BCUT2D eigenvalue weighted by molar-refractivity contribution is 5.89. The summed E-state index contributed by atoms with van der Waals surface area (Å²) < 4.78 is 71.6. The van der Waals surface area contributed by atoms with E-state index in [1.54, 1.807) is 5.32 Å². The summed E-state index contributed by atoms with van der Waals surface area (Å²) in [5, 5.41) is 22.0. The zero-order valence-corrected chi connectivity index (χ0v) is 18.7. The molecule has 1 unspecified atom stereocenters. The van der Waals surface area contributed by atoms with E-state index in [0.29, 0.717) is 25.7 Å². The van der Waals surface area contributed by atoms with Crippen LogP contribution in [0.25, 0.3) is 0 Å². The van der Waals surface area contributed by atoms with E-state index in [1.807, 2.05) is 0 Å². The standard InChI is InChI=1S/C22H33F5N2O4/c1-2-3-4-5-6-7-8-11-14(33-22(31)32)12-9-10-13-28-21(30)29-20-18(26)16(24)15(23)17(25)19(20)27/h14,22,31-32H,2-13H2,1H3,(H2,28,29,30). The number of urea groups is 1. The van der Waals surface area contributed by atoms with Gasteiger partial charge in [0.05, 0.1) is 6.10 Å². The second-order valence-corrected chi connectivity index (χ2v) is 7.82. The van der Waals surface area contributed by atoms with Crippen LogP contribution >= 0.6 is 0 Å². The Bertz CT molecular complexity index is 708. The summed E-state index contributed by atoms with van der Waals surface area (Å²) in [6.45, 7) is 0.328. The summed E-state index contributed by atoms with van der Waals surface area (Å²) in [4.78, 5) is 11.8. The van der Waals surface area contributed by atoms with Gasteiger partial charge in [0.1, 0.15) is 5.69 Å². The van der Waals surface area contributed by atoms with E-state index in [4.69, 9.17) is 14.9 Å². The third-order valence-corrected chi connectivity index (χ3v) is 5.13. The fraction of sp³-hybridized carbons (Fsp3) is 0.682. The van der Waals surface area contributed by atoms with E-state index in [9.17, 15) is 26.7 Å². The van der Waals surface area contributed by atoms with Gasteiger partial charge in [0.2, 0.25) is 5.82 Å². The van der Waals surface area contributed by atoms with Gasteiger partial charge in [-0.1, -0.05) is 51.9 Å². The Labute approximate surface area is 190 Å². The van der Waals surface area contributed by atoms with Crippen molar-refractivity contribution in [3.05, 3.63) is 29.1 Å². The minimum Gasteiger partial charge on any atom is -0.346 e. The Morgan fingerprint density at radius 1 is 0.788 bits per heavy atom. The van der Waals surface area contributed by atoms with Crippen molar-refractivity contribution >= 4 is 11.7 Å². The van der Waals surface area contributed by atoms with E-state index < -0.39 is 47.3 Å². The van der Waals surface area contributed by atoms with Gasteiger partial charge in [0.25, 0.3) is 6.48 Å². The number of aliphatic hydroxyl groups excluding tert-OH is 1. The third kappa shape index (κ3) is 10.7. The van der Waals surface area contributed by atoms with Gasteiger partial charge in [0.15, 0.2) is 23.3 Å². The van der Waals surface area contributed by atoms with Crippen LogP contribution in [0.5, 0.6) is 0 Å². The summed E-state index contributed by atoms with van der Waals surface area (Å²) in [7, 11) is 0. The number of rotatable bonds is 16. The quantitative estimate of drug-likeness (QED) is 0.0824. The highest BCUT2D eigenvalue weighted by Crippen LogP contribution is 2.27. The van der Waals surface area contributed by atoms with Crippen LogP contribution in [0.15, 0.2) is 0 Å². The van der Waals surface area contributed by atoms with Crippen LogP contribution < -0.4 is 10.6 Å². The number of unbranched alkanes of at least 4 members (excludes halogenated alkanes) is 7. The van der Waals surface area contributed by atoms with Gasteiger partial charge in [-0.3, -0.25) is 0 Å². The zero-order valence-electron chi connectivity index (χ0n) is 18.7. The average molecular weight is 485 g/mol. The van der Waals surface area contributed by atoms with E-state index in [2.05, 4.69) is 12.2 Å². The molecule has 0 aliphatic carbocycles. The van der Waals surface area contributed by atoms with E-state index in [-0.39, 0.29) is 12.6 Å². The average Bonchev–Trinajstić information content (AvgIpc) is 2.77. The van der Waals surface area contributed by atoms with Crippen LogP contribution in [0, 0.1) is 29.1 Å². The van der Waals surface area contributed by atoms with E-state index in [0.717, 1.165) is 19.3 Å². The number of benzene rings is 1. The molecule has 2 amide bonds. The van der Waals surface area contributed by atoms with Crippen LogP contribution in [-0.4, -0.2) is 35.4 Å². The molecule has 0 aliphatic rings. The molecule has 1 aromatic rings. The molecule has 0 spiro atoms. The van der Waals surface area contributed by atoms with Gasteiger partial charge < -0.3 is 25.6 Å².